The predicted octanol–water partition coefficient (Wildman–Crippen LogP) is 4.27. The Morgan fingerprint density at radius 2 is 2.35 bits per heavy atom. The van der Waals surface area contributed by atoms with Crippen molar-refractivity contribution in [2.45, 2.75) is 23.7 Å². The van der Waals surface area contributed by atoms with Crippen LogP contribution < -0.4 is 0 Å². The number of nitrogens with one attached hydrogen (secondary N) is 1. The maximum atomic E-state index is 5.42. The van der Waals surface area contributed by atoms with Gasteiger partial charge in [0.15, 0.2) is 0 Å². The van der Waals surface area contributed by atoms with Crippen LogP contribution in [-0.4, -0.2) is 16.6 Å². The second kappa shape index (κ2) is 6.39. The highest BCUT2D eigenvalue weighted by Crippen LogP contribution is 2.25. The van der Waals surface area contributed by atoms with E-state index in [4.69, 9.17) is 17.0 Å². The molecule has 2 aromatic rings. The van der Waals surface area contributed by atoms with Crippen molar-refractivity contribution in [2.75, 3.05) is 6.61 Å². The SMILES string of the molecule is S=c1nc(CSc2cccc(Br)c2)[nH]c2c1COCC2. The fourth-order valence-electron chi connectivity index (χ4n) is 2.08. The van der Waals surface area contributed by atoms with E-state index in [0.717, 1.165) is 34.6 Å². The first-order chi connectivity index (χ1) is 9.72. The first-order valence-corrected chi connectivity index (χ1v) is 8.48. The summed E-state index contributed by atoms with van der Waals surface area (Å²) >= 11 is 10.6. The molecule has 104 valence electrons. The molecular weight excluding hydrogens is 356 g/mol. The third-order valence-electron chi connectivity index (χ3n) is 3.07. The van der Waals surface area contributed by atoms with Gasteiger partial charge in [-0.25, -0.2) is 4.98 Å². The van der Waals surface area contributed by atoms with E-state index in [0.29, 0.717) is 11.2 Å². The quantitative estimate of drug-likeness (QED) is 0.648. The van der Waals surface area contributed by atoms with Crippen molar-refractivity contribution in [3.05, 3.63) is 50.5 Å². The summed E-state index contributed by atoms with van der Waals surface area (Å²) in [6.45, 7) is 1.33. The smallest absolute Gasteiger partial charge is 0.135 e. The molecule has 0 saturated carbocycles. The van der Waals surface area contributed by atoms with Crippen molar-refractivity contribution >= 4 is 39.9 Å². The van der Waals surface area contributed by atoms with Crippen LogP contribution in [0, 0.1) is 4.64 Å². The van der Waals surface area contributed by atoms with Crippen LogP contribution in [0.2, 0.25) is 0 Å². The highest BCUT2D eigenvalue weighted by Gasteiger charge is 2.13. The molecule has 0 spiro atoms. The van der Waals surface area contributed by atoms with Crippen LogP contribution >= 0.6 is 39.9 Å². The van der Waals surface area contributed by atoms with E-state index in [1.165, 1.54) is 10.6 Å². The van der Waals surface area contributed by atoms with Crippen LogP contribution in [0.25, 0.3) is 0 Å². The number of hydrogen-bond donors (Lipinski definition) is 1. The van der Waals surface area contributed by atoms with Gasteiger partial charge in [-0.3, -0.25) is 0 Å². The van der Waals surface area contributed by atoms with E-state index in [-0.39, 0.29) is 0 Å². The topological polar surface area (TPSA) is 37.9 Å². The first-order valence-electron chi connectivity index (χ1n) is 6.29. The van der Waals surface area contributed by atoms with Gasteiger partial charge in [0, 0.05) is 27.0 Å². The minimum atomic E-state index is 0.580. The largest absolute Gasteiger partial charge is 0.376 e. The maximum absolute atomic E-state index is 5.42. The lowest BCUT2D eigenvalue weighted by Gasteiger charge is -2.17. The van der Waals surface area contributed by atoms with Crippen molar-refractivity contribution < 1.29 is 4.74 Å². The second-order valence-corrected chi connectivity index (χ2v) is 6.85. The molecule has 1 aliphatic heterocycles. The summed E-state index contributed by atoms with van der Waals surface area (Å²) in [5.41, 5.74) is 2.23. The number of aromatic nitrogens is 2. The highest BCUT2D eigenvalue weighted by molar-refractivity contribution is 9.10. The Kier molecular flexibility index (Phi) is 4.55. The molecule has 1 aromatic heterocycles. The zero-order valence-electron chi connectivity index (χ0n) is 10.7. The summed E-state index contributed by atoms with van der Waals surface area (Å²) < 4.78 is 7.18. The molecule has 0 radical (unpaired) electrons. The summed E-state index contributed by atoms with van der Waals surface area (Å²) in [4.78, 5) is 9.08. The Labute approximate surface area is 135 Å². The first kappa shape index (κ1) is 14.3. The van der Waals surface area contributed by atoms with Gasteiger partial charge in [-0.05, 0) is 18.2 Å². The Morgan fingerprint density at radius 3 is 3.20 bits per heavy atom. The van der Waals surface area contributed by atoms with Gasteiger partial charge in [-0.15, -0.1) is 11.8 Å². The number of rotatable bonds is 3. The molecular formula is C14H13BrN2OS2. The van der Waals surface area contributed by atoms with E-state index in [9.17, 15) is 0 Å². The van der Waals surface area contributed by atoms with E-state index < -0.39 is 0 Å². The predicted molar refractivity (Wildman–Crippen MR) is 86.5 cm³/mol. The number of aromatic amines is 1. The Morgan fingerprint density at radius 1 is 1.45 bits per heavy atom. The summed E-state index contributed by atoms with van der Waals surface area (Å²) in [6.07, 6.45) is 0.885. The zero-order valence-corrected chi connectivity index (χ0v) is 13.9. The molecule has 0 fully saturated rings. The monoisotopic (exact) mass is 368 g/mol. The minimum absolute atomic E-state index is 0.580. The molecule has 3 rings (SSSR count). The van der Waals surface area contributed by atoms with Crippen LogP contribution in [-0.2, 0) is 23.5 Å². The lowest BCUT2D eigenvalue weighted by Crippen LogP contribution is -2.14. The molecule has 1 aromatic carbocycles. The van der Waals surface area contributed by atoms with Crippen LogP contribution in [0.3, 0.4) is 0 Å². The van der Waals surface area contributed by atoms with Gasteiger partial charge in [0.2, 0.25) is 0 Å². The normalized spacial score (nSPS) is 14.1. The van der Waals surface area contributed by atoms with Crippen LogP contribution in [0.5, 0.6) is 0 Å². The molecule has 0 bridgehead atoms. The molecule has 0 saturated heterocycles. The Hall–Kier alpha value is -0.690. The van der Waals surface area contributed by atoms with Crippen molar-refractivity contribution in [1.82, 2.24) is 9.97 Å². The zero-order chi connectivity index (χ0) is 13.9. The van der Waals surface area contributed by atoms with E-state index >= 15 is 0 Å². The Bertz CT molecular complexity index is 687. The number of hydrogen-bond acceptors (Lipinski definition) is 4. The molecule has 0 amide bonds. The van der Waals surface area contributed by atoms with E-state index in [1.807, 2.05) is 12.1 Å². The van der Waals surface area contributed by atoms with Gasteiger partial charge in [0.25, 0.3) is 0 Å². The molecule has 2 heterocycles. The van der Waals surface area contributed by atoms with Gasteiger partial charge in [0.1, 0.15) is 10.5 Å². The number of H-pyrrole nitrogens is 1. The highest BCUT2D eigenvalue weighted by atomic mass is 79.9. The van der Waals surface area contributed by atoms with Crippen molar-refractivity contribution in [1.29, 1.82) is 0 Å². The van der Waals surface area contributed by atoms with Gasteiger partial charge < -0.3 is 9.72 Å². The van der Waals surface area contributed by atoms with Crippen molar-refractivity contribution in [2.24, 2.45) is 0 Å². The molecule has 1 aliphatic rings. The summed E-state index contributed by atoms with van der Waals surface area (Å²) in [7, 11) is 0. The van der Waals surface area contributed by atoms with Gasteiger partial charge in [0.05, 0.1) is 19.0 Å². The molecule has 6 heteroatoms. The standard InChI is InChI=1S/C14H13BrN2OS2/c15-9-2-1-3-10(6-9)20-8-13-16-12-4-5-18-7-11(12)14(19)17-13/h1-3,6H,4-5,7-8H2,(H,16,17,19). The molecule has 1 N–H and O–H groups in total. The fourth-order valence-corrected chi connectivity index (χ4v) is 3.75. The number of nitrogens with zero attached hydrogens (tertiary/aromatic N) is 1. The summed E-state index contributed by atoms with van der Waals surface area (Å²) in [5, 5.41) is 0. The number of halogens is 1. The van der Waals surface area contributed by atoms with E-state index in [2.05, 4.69) is 38.0 Å². The average molecular weight is 369 g/mol. The second-order valence-electron chi connectivity index (χ2n) is 4.49. The van der Waals surface area contributed by atoms with Crippen molar-refractivity contribution in [3.63, 3.8) is 0 Å². The summed E-state index contributed by atoms with van der Waals surface area (Å²) in [5.74, 6) is 1.72. The van der Waals surface area contributed by atoms with Gasteiger partial charge in [-0.2, -0.15) is 0 Å². The molecule has 20 heavy (non-hydrogen) atoms. The summed E-state index contributed by atoms with van der Waals surface area (Å²) in [6, 6.07) is 8.25. The van der Waals surface area contributed by atoms with Crippen LogP contribution in [0.15, 0.2) is 33.6 Å². The lowest BCUT2D eigenvalue weighted by molar-refractivity contribution is 0.108. The molecule has 0 aliphatic carbocycles. The third kappa shape index (κ3) is 3.31. The third-order valence-corrected chi connectivity index (χ3v) is 4.90. The number of fused-ring (bicyclic) bond motifs is 1. The van der Waals surface area contributed by atoms with Crippen LogP contribution in [0.1, 0.15) is 17.1 Å². The molecule has 0 atom stereocenters. The Balaban J connectivity index is 1.78. The van der Waals surface area contributed by atoms with Crippen LogP contribution in [0.4, 0.5) is 0 Å². The maximum Gasteiger partial charge on any atom is 0.135 e. The average Bonchev–Trinajstić information content (AvgIpc) is 2.45. The molecule has 3 nitrogen and oxygen atoms in total. The van der Waals surface area contributed by atoms with Gasteiger partial charge in [-0.1, -0.05) is 34.2 Å². The number of benzene rings is 1. The van der Waals surface area contributed by atoms with Crippen molar-refractivity contribution in [3.8, 4) is 0 Å². The molecule has 0 unspecified atom stereocenters. The van der Waals surface area contributed by atoms with Gasteiger partial charge >= 0.3 is 0 Å². The fraction of sp³-hybridized carbons (Fsp3) is 0.286. The van der Waals surface area contributed by atoms with E-state index in [1.54, 1.807) is 11.8 Å². The lowest BCUT2D eigenvalue weighted by atomic mass is 10.1. The number of ether oxygens (including phenoxy) is 1. The number of thioether (sulfide) groups is 1. The minimum Gasteiger partial charge on any atom is -0.376 e.